The number of nitrogens with two attached hydrogens (primary N) is 1. The van der Waals surface area contributed by atoms with Gasteiger partial charge < -0.3 is 10.5 Å². The van der Waals surface area contributed by atoms with Crippen molar-refractivity contribution in [2.75, 3.05) is 7.11 Å². The first kappa shape index (κ1) is 28.9. The highest BCUT2D eigenvalue weighted by molar-refractivity contribution is 6.16. The lowest BCUT2D eigenvalue weighted by Gasteiger charge is -2.16. The highest BCUT2D eigenvalue weighted by atomic mass is 16.5. The average Bonchev–Trinajstić information content (AvgIpc) is 3.02. The van der Waals surface area contributed by atoms with Gasteiger partial charge in [0.1, 0.15) is 11.8 Å². The van der Waals surface area contributed by atoms with E-state index in [1.165, 1.54) is 12.7 Å². The molecular formula is C35H33N3O3. The summed E-state index contributed by atoms with van der Waals surface area (Å²) in [4.78, 5) is 30.9. The number of esters is 1. The zero-order chi connectivity index (χ0) is 29.2. The molecule has 0 saturated heterocycles. The number of nitrogens with zero attached hydrogens (tertiary/aromatic N) is 1. The number of aliphatic imine (C=N–C) groups is 1. The molecule has 0 saturated carbocycles. The Kier molecular flexibility index (Phi) is 9.73. The molecule has 1 atom stereocenters. The molecule has 41 heavy (non-hydrogen) atoms. The second-order valence-electron chi connectivity index (χ2n) is 9.57. The Bertz CT molecular complexity index is 1590. The Balaban J connectivity index is 1.71. The number of hydrogen-bond acceptors (Lipinski definition) is 4. The number of allylic oxidation sites excluding steroid dienone is 1. The minimum absolute atomic E-state index is 0.0699. The van der Waals surface area contributed by atoms with Gasteiger partial charge in [-0.25, -0.2) is 4.99 Å². The number of hydrogen-bond donors (Lipinski definition) is 2. The van der Waals surface area contributed by atoms with E-state index in [0.29, 0.717) is 11.1 Å². The highest BCUT2D eigenvalue weighted by Gasteiger charge is 2.26. The van der Waals surface area contributed by atoms with Gasteiger partial charge in [-0.1, -0.05) is 97.9 Å². The van der Waals surface area contributed by atoms with E-state index in [1.54, 1.807) is 36.4 Å². The second-order valence-corrected chi connectivity index (χ2v) is 9.57. The predicted molar refractivity (Wildman–Crippen MR) is 165 cm³/mol. The molecule has 4 aromatic carbocycles. The molecule has 4 rings (SSSR count). The summed E-state index contributed by atoms with van der Waals surface area (Å²) in [5, 5.41) is 7.77. The Morgan fingerprint density at radius 2 is 1.61 bits per heavy atom. The fraction of sp³-hybridized carbons (Fsp3) is 0.143. The molecule has 206 valence electrons. The zero-order valence-electron chi connectivity index (χ0n) is 23.2. The van der Waals surface area contributed by atoms with Crippen molar-refractivity contribution in [3.8, 4) is 11.1 Å². The first-order valence-corrected chi connectivity index (χ1v) is 13.4. The van der Waals surface area contributed by atoms with Gasteiger partial charge in [0.15, 0.2) is 0 Å². The van der Waals surface area contributed by atoms with E-state index in [0.717, 1.165) is 28.7 Å². The minimum atomic E-state index is -0.859. The van der Waals surface area contributed by atoms with Crippen molar-refractivity contribution in [3.05, 3.63) is 137 Å². The molecule has 6 heteroatoms. The van der Waals surface area contributed by atoms with Crippen LogP contribution >= 0.6 is 0 Å². The summed E-state index contributed by atoms with van der Waals surface area (Å²) in [7, 11) is 1.31. The summed E-state index contributed by atoms with van der Waals surface area (Å²) in [6.45, 7) is 2.12. The van der Waals surface area contributed by atoms with E-state index < -0.39 is 17.8 Å². The Morgan fingerprint density at radius 1 is 0.902 bits per heavy atom. The number of carbonyl (C=O) groups excluding carboxylic acids is 2. The van der Waals surface area contributed by atoms with E-state index in [2.05, 4.69) is 24.0 Å². The molecule has 0 heterocycles. The quantitative estimate of drug-likeness (QED) is 0.135. The number of amidine groups is 1. The maximum absolute atomic E-state index is 13.4. The number of ether oxygens (including phenoxy) is 1. The van der Waals surface area contributed by atoms with Crippen molar-refractivity contribution in [1.29, 1.82) is 5.41 Å². The van der Waals surface area contributed by atoms with Crippen LogP contribution in [0.25, 0.3) is 17.2 Å². The number of benzene rings is 4. The summed E-state index contributed by atoms with van der Waals surface area (Å²) in [5.41, 5.74) is 12.0. The first-order chi connectivity index (χ1) is 19.9. The van der Waals surface area contributed by atoms with Gasteiger partial charge in [0.05, 0.1) is 12.8 Å². The molecule has 0 radical (unpaired) electrons. The molecule has 6 nitrogen and oxygen atoms in total. The summed E-state index contributed by atoms with van der Waals surface area (Å²) in [5.74, 6) is -1.91. The van der Waals surface area contributed by atoms with E-state index in [-0.39, 0.29) is 18.0 Å². The molecular weight excluding hydrogens is 510 g/mol. The summed E-state index contributed by atoms with van der Waals surface area (Å²) in [6.07, 6.45) is 4.63. The van der Waals surface area contributed by atoms with Crippen LogP contribution in [0.2, 0.25) is 0 Å². The topological polar surface area (TPSA) is 106 Å². The number of methoxy groups -OCH3 is 1. The molecule has 0 aliphatic heterocycles. The highest BCUT2D eigenvalue weighted by Crippen LogP contribution is 2.25. The summed E-state index contributed by atoms with van der Waals surface area (Å²) < 4.78 is 5.14. The van der Waals surface area contributed by atoms with Crippen LogP contribution < -0.4 is 5.73 Å². The van der Waals surface area contributed by atoms with Crippen molar-refractivity contribution < 1.29 is 14.3 Å². The van der Waals surface area contributed by atoms with Crippen LogP contribution in [0.3, 0.4) is 0 Å². The molecule has 1 unspecified atom stereocenters. The number of aryl methyl sites for hydroxylation is 1. The fourth-order valence-corrected chi connectivity index (χ4v) is 4.61. The van der Waals surface area contributed by atoms with Gasteiger partial charge in [-0.05, 0) is 64.9 Å². The van der Waals surface area contributed by atoms with E-state index in [9.17, 15) is 9.59 Å². The predicted octanol–water partition coefficient (Wildman–Crippen LogP) is 6.53. The van der Waals surface area contributed by atoms with E-state index in [4.69, 9.17) is 15.9 Å². The molecule has 0 spiro atoms. The first-order valence-electron chi connectivity index (χ1n) is 13.4. The third kappa shape index (κ3) is 7.51. The largest absolute Gasteiger partial charge is 0.468 e. The Labute approximate surface area is 240 Å². The molecule has 0 fully saturated rings. The minimum Gasteiger partial charge on any atom is -0.468 e. The molecule has 0 bridgehead atoms. The summed E-state index contributed by atoms with van der Waals surface area (Å²) in [6, 6.07) is 32.2. The maximum atomic E-state index is 13.4. The number of nitrogens with one attached hydrogen (secondary N) is 1. The maximum Gasteiger partial charge on any atom is 0.315 e. The smallest absolute Gasteiger partial charge is 0.315 e. The molecule has 0 aromatic heterocycles. The lowest BCUT2D eigenvalue weighted by Crippen LogP contribution is -2.27. The van der Waals surface area contributed by atoms with Gasteiger partial charge in [0, 0.05) is 11.1 Å². The second kappa shape index (κ2) is 13.8. The molecule has 1 amide bonds. The third-order valence-electron chi connectivity index (χ3n) is 6.84. The number of carbonyl (C=O) groups is 2. The van der Waals surface area contributed by atoms with E-state index in [1.807, 2.05) is 66.7 Å². The number of rotatable bonds is 10. The molecule has 4 aromatic rings. The van der Waals surface area contributed by atoms with Crippen LogP contribution in [-0.2, 0) is 22.4 Å². The van der Waals surface area contributed by atoms with Gasteiger partial charge >= 0.3 is 5.97 Å². The van der Waals surface area contributed by atoms with Gasteiger partial charge in [-0.2, -0.15) is 0 Å². The van der Waals surface area contributed by atoms with Gasteiger partial charge in [-0.3, -0.25) is 15.0 Å². The lowest BCUT2D eigenvalue weighted by molar-refractivity contribution is -0.142. The Morgan fingerprint density at radius 3 is 2.29 bits per heavy atom. The number of nitrogen functional groups attached to an aromatic ring is 1. The van der Waals surface area contributed by atoms with Crippen molar-refractivity contribution in [1.82, 2.24) is 0 Å². The van der Waals surface area contributed by atoms with Crippen LogP contribution in [0.15, 0.2) is 114 Å². The van der Waals surface area contributed by atoms with Gasteiger partial charge in [-0.15, -0.1) is 0 Å². The Hall–Kier alpha value is -5.10. The standard InChI is InChI=1S/C35H33N3O3/c1-3-26-13-7-8-15-30(26)27-17-19-28(20-18-27)34(39)38-32(21-16-24-10-5-4-6-11-24)31(35(40)41-2)23-25-12-9-14-29(22-25)33(36)37/h4-22,31H,3,23H2,1-2H3,(H3,36,37)/b21-16+,38-32?. The normalized spacial score (nSPS) is 12.2. The van der Waals surface area contributed by atoms with Crippen molar-refractivity contribution in [2.24, 2.45) is 16.6 Å². The van der Waals surface area contributed by atoms with Crippen LogP contribution in [0.4, 0.5) is 0 Å². The van der Waals surface area contributed by atoms with Crippen LogP contribution in [0, 0.1) is 11.3 Å². The van der Waals surface area contributed by atoms with Gasteiger partial charge in [0.25, 0.3) is 5.91 Å². The van der Waals surface area contributed by atoms with Crippen LogP contribution in [-0.4, -0.2) is 30.5 Å². The molecule has 0 aliphatic carbocycles. The molecule has 0 aliphatic rings. The fourth-order valence-electron chi connectivity index (χ4n) is 4.61. The number of amides is 1. The van der Waals surface area contributed by atoms with Crippen molar-refractivity contribution >= 4 is 29.5 Å². The van der Waals surface area contributed by atoms with Crippen molar-refractivity contribution in [3.63, 3.8) is 0 Å². The summed E-state index contributed by atoms with van der Waals surface area (Å²) >= 11 is 0. The van der Waals surface area contributed by atoms with E-state index >= 15 is 0 Å². The average molecular weight is 544 g/mol. The van der Waals surface area contributed by atoms with Crippen LogP contribution in [0.1, 0.15) is 39.5 Å². The van der Waals surface area contributed by atoms with Crippen LogP contribution in [0.5, 0.6) is 0 Å². The zero-order valence-corrected chi connectivity index (χ0v) is 23.2. The molecule has 3 N–H and O–H groups in total. The lowest BCUT2D eigenvalue weighted by atomic mass is 9.92. The SMILES string of the molecule is CCc1ccccc1-c1ccc(C(=O)N=C(/C=C/c2ccccc2)C(Cc2cccc(C(=N)N)c2)C(=O)OC)cc1. The monoisotopic (exact) mass is 543 g/mol. The van der Waals surface area contributed by atoms with Gasteiger partial charge in [0.2, 0.25) is 0 Å². The van der Waals surface area contributed by atoms with Crippen molar-refractivity contribution in [2.45, 2.75) is 19.8 Å². The third-order valence-corrected chi connectivity index (χ3v) is 6.84.